The van der Waals surface area contributed by atoms with Gasteiger partial charge in [-0.3, -0.25) is 4.90 Å². The molecule has 0 aromatic carbocycles. The van der Waals surface area contributed by atoms with Gasteiger partial charge in [0.05, 0.1) is 6.54 Å². The fraction of sp³-hybridized carbons (Fsp3) is 0.833. The maximum Gasteiger partial charge on any atom is 0.115 e. The highest BCUT2D eigenvalue weighted by Crippen LogP contribution is 2.03. The molecule has 0 aromatic heterocycles. The highest BCUT2D eigenvalue weighted by atomic mass is 16.5. The SMILES string of the molecule is COC(C)C#CCN(C(C)C)C(C)C. The van der Waals surface area contributed by atoms with Crippen LogP contribution in [0, 0.1) is 11.8 Å². The van der Waals surface area contributed by atoms with Crippen LogP contribution < -0.4 is 0 Å². The van der Waals surface area contributed by atoms with Gasteiger partial charge >= 0.3 is 0 Å². The lowest BCUT2D eigenvalue weighted by molar-refractivity contribution is 0.163. The molecule has 0 aromatic rings. The van der Waals surface area contributed by atoms with Crippen LogP contribution in [0.4, 0.5) is 0 Å². The van der Waals surface area contributed by atoms with Crippen molar-refractivity contribution in [3.63, 3.8) is 0 Å². The van der Waals surface area contributed by atoms with Crippen LogP contribution in [-0.2, 0) is 4.74 Å². The summed E-state index contributed by atoms with van der Waals surface area (Å²) in [7, 11) is 1.68. The zero-order chi connectivity index (χ0) is 11.1. The molecule has 1 atom stereocenters. The van der Waals surface area contributed by atoms with E-state index in [-0.39, 0.29) is 6.10 Å². The van der Waals surface area contributed by atoms with Gasteiger partial charge in [-0.25, -0.2) is 0 Å². The molecular weight excluding hydrogens is 174 g/mol. The predicted octanol–water partition coefficient (Wildman–Crippen LogP) is 2.14. The summed E-state index contributed by atoms with van der Waals surface area (Å²) in [6.07, 6.45) is 0.0381. The van der Waals surface area contributed by atoms with E-state index in [4.69, 9.17) is 4.74 Å². The van der Waals surface area contributed by atoms with E-state index in [1.165, 1.54) is 0 Å². The number of methoxy groups -OCH3 is 1. The van der Waals surface area contributed by atoms with Crippen LogP contribution in [0.1, 0.15) is 34.6 Å². The third-order valence-corrected chi connectivity index (χ3v) is 2.25. The summed E-state index contributed by atoms with van der Waals surface area (Å²) in [4.78, 5) is 2.36. The first-order valence-electron chi connectivity index (χ1n) is 5.26. The fourth-order valence-corrected chi connectivity index (χ4v) is 1.30. The average molecular weight is 197 g/mol. The van der Waals surface area contributed by atoms with E-state index in [0.717, 1.165) is 6.54 Å². The molecule has 14 heavy (non-hydrogen) atoms. The van der Waals surface area contributed by atoms with Crippen LogP contribution in [0.15, 0.2) is 0 Å². The van der Waals surface area contributed by atoms with E-state index in [2.05, 4.69) is 44.4 Å². The van der Waals surface area contributed by atoms with E-state index in [9.17, 15) is 0 Å². The maximum absolute atomic E-state index is 5.06. The molecule has 82 valence electrons. The monoisotopic (exact) mass is 197 g/mol. The first-order valence-corrected chi connectivity index (χ1v) is 5.26. The Labute approximate surface area is 88.6 Å². The molecule has 0 saturated heterocycles. The third kappa shape index (κ3) is 5.26. The molecule has 0 bridgehead atoms. The van der Waals surface area contributed by atoms with Gasteiger partial charge in [0, 0.05) is 19.2 Å². The standard InChI is InChI=1S/C12H23NO/c1-10(2)13(11(3)4)9-7-8-12(5)14-6/h10-12H,9H2,1-6H3. The summed E-state index contributed by atoms with van der Waals surface area (Å²) >= 11 is 0. The molecule has 0 N–H and O–H groups in total. The van der Waals surface area contributed by atoms with Crippen LogP contribution >= 0.6 is 0 Å². The number of ether oxygens (including phenoxy) is 1. The van der Waals surface area contributed by atoms with Crippen molar-refractivity contribution in [3.8, 4) is 11.8 Å². The average Bonchev–Trinajstić information content (AvgIpc) is 2.10. The Kier molecular flexibility index (Phi) is 6.61. The Morgan fingerprint density at radius 2 is 1.57 bits per heavy atom. The van der Waals surface area contributed by atoms with E-state index in [0.29, 0.717) is 12.1 Å². The van der Waals surface area contributed by atoms with E-state index < -0.39 is 0 Å². The van der Waals surface area contributed by atoms with Gasteiger partial charge in [-0.1, -0.05) is 11.8 Å². The smallest absolute Gasteiger partial charge is 0.115 e. The molecule has 0 saturated carbocycles. The predicted molar refractivity (Wildman–Crippen MR) is 61.2 cm³/mol. The van der Waals surface area contributed by atoms with E-state index >= 15 is 0 Å². The molecule has 0 radical (unpaired) electrons. The quantitative estimate of drug-likeness (QED) is 0.640. The van der Waals surface area contributed by atoms with Gasteiger partial charge in [-0.15, -0.1) is 0 Å². The molecule has 0 aliphatic rings. The lowest BCUT2D eigenvalue weighted by Crippen LogP contribution is -2.37. The van der Waals surface area contributed by atoms with Crippen molar-refractivity contribution in [2.24, 2.45) is 0 Å². The topological polar surface area (TPSA) is 12.5 Å². The second-order valence-corrected chi connectivity index (χ2v) is 4.06. The lowest BCUT2D eigenvalue weighted by Gasteiger charge is -2.28. The summed E-state index contributed by atoms with van der Waals surface area (Å²) in [5.74, 6) is 6.21. The summed E-state index contributed by atoms with van der Waals surface area (Å²) in [5.41, 5.74) is 0. The number of hydrogen-bond donors (Lipinski definition) is 0. The zero-order valence-corrected chi connectivity index (χ0v) is 10.3. The Morgan fingerprint density at radius 3 is 1.93 bits per heavy atom. The Balaban J connectivity index is 4.10. The summed E-state index contributed by atoms with van der Waals surface area (Å²) in [6, 6.07) is 1.09. The molecule has 0 amide bonds. The van der Waals surface area contributed by atoms with E-state index in [1.807, 2.05) is 6.92 Å². The van der Waals surface area contributed by atoms with Gasteiger partial charge < -0.3 is 4.74 Å². The largest absolute Gasteiger partial charge is 0.369 e. The Morgan fingerprint density at radius 1 is 1.07 bits per heavy atom. The zero-order valence-electron chi connectivity index (χ0n) is 10.3. The van der Waals surface area contributed by atoms with E-state index in [1.54, 1.807) is 7.11 Å². The molecule has 0 aliphatic carbocycles. The maximum atomic E-state index is 5.06. The first-order chi connectivity index (χ1) is 6.49. The summed E-state index contributed by atoms with van der Waals surface area (Å²) < 4.78 is 5.06. The van der Waals surface area contributed by atoms with Crippen molar-refractivity contribution < 1.29 is 4.74 Å². The molecule has 2 heteroatoms. The Bertz CT molecular complexity index is 192. The van der Waals surface area contributed by atoms with Crippen LogP contribution in [0.5, 0.6) is 0 Å². The summed E-state index contributed by atoms with van der Waals surface area (Å²) in [6.45, 7) is 11.6. The minimum Gasteiger partial charge on any atom is -0.369 e. The molecule has 2 nitrogen and oxygen atoms in total. The highest BCUT2D eigenvalue weighted by molar-refractivity contribution is 5.06. The van der Waals surface area contributed by atoms with Crippen molar-refractivity contribution >= 4 is 0 Å². The molecule has 0 heterocycles. The summed E-state index contributed by atoms with van der Waals surface area (Å²) in [5, 5.41) is 0. The number of hydrogen-bond acceptors (Lipinski definition) is 2. The van der Waals surface area contributed by atoms with Gasteiger partial charge in [-0.2, -0.15) is 0 Å². The van der Waals surface area contributed by atoms with Crippen molar-refractivity contribution in [2.45, 2.75) is 52.8 Å². The molecule has 0 fully saturated rings. The normalized spacial score (nSPS) is 13.2. The second kappa shape index (κ2) is 6.86. The molecular formula is C12H23NO. The molecule has 1 unspecified atom stereocenters. The highest BCUT2D eigenvalue weighted by Gasteiger charge is 2.10. The van der Waals surface area contributed by atoms with Crippen molar-refractivity contribution in [1.29, 1.82) is 0 Å². The van der Waals surface area contributed by atoms with Gasteiger partial charge in [-0.05, 0) is 34.6 Å². The molecule has 0 aliphatic heterocycles. The van der Waals surface area contributed by atoms with Crippen LogP contribution in [0.3, 0.4) is 0 Å². The van der Waals surface area contributed by atoms with Crippen molar-refractivity contribution in [3.05, 3.63) is 0 Å². The lowest BCUT2D eigenvalue weighted by atomic mass is 10.2. The van der Waals surface area contributed by atoms with Crippen LogP contribution in [0.2, 0.25) is 0 Å². The van der Waals surface area contributed by atoms with Gasteiger partial charge in [0.2, 0.25) is 0 Å². The molecule has 0 spiro atoms. The number of rotatable bonds is 4. The minimum atomic E-state index is 0.0381. The van der Waals surface area contributed by atoms with Crippen molar-refractivity contribution in [1.82, 2.24) is 4.90 Å². The molecule has 0 rings (SSSR count). The van der Waals surface area contributed by atoms with Gasteiger partial charge in [0.1, 0.15) is 6.10 Å². The fourth-order valence-electron chi connectivity index (χ4n) is 1.30. The first kappa shape index (κ1) is 13.5. The van der Waals surface area contributed by atoms with Gasteiger partial charge in [0.15, 0.2) is 0 Å². The minimum absolute atomic E-state index is 0.0381. The second-order valence-electron chi connectivity index (χ2n) is 4.06. The third-order valence-electron chi connectivity index (χ3n) is 2.25. The van der Waals surface area contributed by atoms with Crippen LogP contribution in [0.25, 0.3) is 0 Å². The van der Waals surface area contributed by atoms with Crippen LogP contribution in [-0.4, -0.2) is 36.7 Å². The Hall–Kier alpha value is -0.520. The van der Waals surface area contributed by atoms with Crippen molar-refractivity contribution in [2.75, 3.05) is 13.7 Å². The van der Waals surface area contributed by atoms with Gasteiger partial charge in [0.25, 0.3) is 0 Å². The number of nitrogens with zero attached hydrogens (tertiary/aromatic N) is 1.